The van der Waals surface area contributed by atoms with E-state index in [1.54, 1.807) is 22.9 Å². The Kier molecular flexibility index (Phi) is 7.14. The molecule has 0 atom stereocenters. The zero-order chi connectivity index (χ0) is 24.4. The Bertz CT molecular complexity index is 1420. The Balaban J connectivity index is 1.72. The molecular formula is C26H24BrClN4O2. The van der Waals surface area contributed by atoms with E-state index in [2.05, 4.69) is 36.9 Å². The van der Waals surface area contributed by atoms with Crippen molar-refractivity contribution in [1.82, 2.24) is 19.5 Å². The highest BCUT2D eigenvalue weighted by atomic mass is 79.9. The van der Waals surface area contributed by atoms with Gasteiger partial charge in [0.05, 0.1) is 22.1 Å². The van der Waals surface area contributed by atoms with Gasteiger partial charge in [-0.1, -0.05) is 55.3 Å². The molecule has 0 N–H and O–H groups in total. The van der Waals surface area contributed by atoms with Crippen LogP contribution in [-0.2, 0) is 6.61 Å². The number of aromatic nitrogens is 4. The Labute approximate surface area is 211 Å². The monoisotopic (exact) mass is 538 g/mol. The largest absolute Gasteiger partial charge is 0.487 e. The molecule has 0 spiro atoms. The van der Waals surface area contributed by atoms with Gasteiger partial charge < -0.3 is 4.74 Å². The van der Waals surface area contributed by atoms with E-state index in [1.165, 1.54) is 6.20 Å². The number of halogens is 2. The van der Waals surface area contributed by atoms with E-state index in [4.69, 9.17) is 16.3 Å². The fourth-order valence-corrected chi connectivity index (χ4v) is 4.18. The van der Waals surface area contributed by atoms with E-state index in [1.807, 2.05) is 52.0 Å². The SMILES string of the molecule is Cc1cccc(COc2cc(C)n(-c3cc(-c4ccnc(C(C)C)n4)ncc3Cl)c(=O)c2Br)c1. The third-order valence-corrected chi connectivity index (χ3v) is 6.33. The number of hydrogen-bond donors (Lipinski definition) is 0. The van der Waals surface area contributed by atoms with Crippen LogP contribution in [0.25, 0.3) is 17.1 Å². The highest BCUT2D eigenvalue weighted by Crippen LogP contribution is 2.29. The number of pyridine rings is 2. The molecule has 0 radical (unpaired) electrons. The van der Waals surface area contributed by atoms with Gasteiger partial charge in [-0.05, 0) is 47.5 Å². The normalized spacial score (nSPS) is 11.1. The molecule has 3 aromatic heterocycles. The van der Waals surface area contributed by atoms with E-state index in [0.29, 0.717) is 44.6 Å². The third-order valence-electron chi connectivity index (χ3n) is 5.31. The molecule has 6 nitrogen and oxygen atoms in total. The van der Waals surface area contributed by atoms with Crippen molar-refractivity contribution in [3.63, 3.8) is 0 Å². The highest BCUT2D eigenvalue weighted by molar-refractivity contribution is 9.10. The van der Waals surface area contributed by atoms with Crippen molar-refractivity contribution in [2.75, 3.05) is 0 Å². The van der Waals surface area contributed by atoms with Crippen LogP contribution in [0.3, 0.4) is 0 Å². The number of hydrogen-bond acceptors (Lipinski definition) is 5. The zero-order valence-corrected chi connectivity index (χ0v) is 21.7. The summed E-state index contributed by atoms with van der Waals surface area (Å²) in [6.07, 6.45) is 3.24. The Morgan fingerprint density at radius 1 is 1.09 bits per heavy atom. The van der Waals surface area contributed by atoms with Crippen LogP contribution in [0.2, 0.25) is 5.02 Å². The number of rotatable bonds is 6. The van der Waals surface area contributed by atoms with Crippen LogP contribution in [0.5, 0.6) is 5.75 Å². The topological polar surface area (TPSA) is 69.9 Å². The first-order chi connectivity index (χ1) is 16.2. The van der Waals surface area contributed by atoms with Gasteiger partial charge in [-0.2, -0.15) is 0 Å². The molecule has 0 unspecified atom stereocenters. The molecule has 4 aromatic rings. The van der Waals surface area contributed by atoms with Crippen molar-refractivity contribution in [1.29, 1.82) is 0 Å². The maximum absolute atomic E-state index is 13.4. The van der Waals surface area contributed by atoms with Crippen molar-refractivity contribution in [2.24, 2.45) is 0 Å². The van der Waals surface area contributed by atoms with Crippen LogP contribution < -0.4 is 10.3 Å². The van der Waals surface area contributed by atoms with Gasteiger partial charge in [-0.15, -0.1) is 0 Å². The fourth-order valence-electron chi connectivity index (χ4n) is 3.58. The minimum absolute atomic E-state index is 0.180. The summed E-state index contributed by atoms with van der Waals surface area (Å²) in [5.74, 6) is 1.38. The smallest absolute Gasteiger partial charge is 0.273 e. The average molecular weight is 540 g/mol. The highest BCUT2D eigenvalue weighted by Gasteiger charge is 2.17. The standard InChI is InChI=1S/C26H24BrClN4O2/c1-15(2)25-29-9-8-20(31-25)21-12-22(19(28)13-30-21)32-17(4)11-23(24(27)26(32)33)34-14-18-7-5-6-16(3)10-18/h5-13,15H,14H2,1-4H3. The predicted molar refractivity (Wildman–Crippen MR) is 138 cm³/mol. The second-order valence-corrected chi connectivity index (χ2v) is 9.56. The minimum atomic E-state index is -0.274. The van der Waals surface area contributed by atoms with Crippen LogP contribution >= 0.6 is 27.5 Å². The Morgan fingerprint density at radius 2 is 1.88 bits per heavy atom. The summed E-state index contributed by atoms with van der Waals surface area (Å²) >= 11 is 9.92. The van der Waals surface area contributed by atoms with E-state index in [9.17, 15) is 4.79 Å². The quantitative estimate of drug-likeness (QED) is 0.283. The lowest BCUT2D eigenvalue weighted by atomic mass is 10.1. The first-order valence-electron chi connectivity index (χ1n) is 10.8. The molecule has 174 valence electrons. The number of nitrogens with zero attached hydrogens (tertiary/aromatic N) is 4. The Morgan fingerprint density at radius 3 is 2.62 bits per heavy atom. The molecule has 1 aromatic carbocycles. The lowest BCUT2D eigenvalue weighted by Crippen LogP contribution is -2.22. The number of ether oxygens (including phenoxy) is 1. The summed E-state index contributed by atoms with van der Waals surface area (Å²) in [5, 5.41) is 0.354. The molecule has 0 aliphatic carbocycles. The van der Waals surface area contributed by atoms with Gasteiger partial charge >= 0.3 is 0 Å². The molecule has 0 saturated heterocycles. The van der Waals surface area contributed by atoms with Crippen LogP contribution in [0.4, 0.5) is 0 Å². The fraction of sp³-hybridized carbons (Fsp3) is 0.231. The van der Waals surface area contributed by atoms with Gasteiger partial charge in [0.2, 0.25) is 0 Å². The second kappa shape index (κ2) is 10.1. The first-order valence-corrected chi connectivity index (χ1v) is 12.0. The van der Waals surface area contributed by atoms with Crippen molar-refractivity contribution >= 4 is 27.5 Å². The van der Waals surface area contributed by atoms with Crippen LogP contribution in [0.1, 0.15) is 42.4 Å². The average Bonchev–Trinajstić information content (AvgIpc) is 2.82. The van der Waals surface area contributed by atoms with Gasteiger partial charge in [0, 0.05) is 30.1 Å². The maximum Gasteiger partial charge on any atom is 0.273 e. The molecule has 0 aliphatic rings. The van der Waals surface area contributed by atoms with E-state index >= 15 is 0 Å². The van der Waals surface area contributed by atoms with Crippen molar-refractivity contribution in [3.8, 4) is 22.8 Å². The molecule has 0 fully saturated rings. The lowest BCUT2D eigenvalue weighted by Gasteiger charge is -2.16. The molecule has 3 heterocycles. The summed E-state index contributed by atoms with van der Waals surface area (Å²) in [5.41, 5.74) is 4.37. The molecule has 8 heteroatoms. The number of aryl methyl sites for hydroxylation is 2. The summed E-state index contributed by atoms with van der Waals surface area (Å²) in [4.78, 5) is 26.7. The van der Waals surface area contributed by atoms with Crippen LogP contribution in [-0.4, -0.2) is 19.5 Å². The predicted octanol–water partition coefficient (Wildman–Crippen LogP) is 6.42. The van der Waals surface area contributed by atoms with E-state index in [-0.39, 0.29) is 11.5 Å². The minimum Gasteiger partial charge on any atom is -0.487 e. The Hall–Kier alpha value is -3.03. The zero-order valence-electron chi connectivity index (χ0n) is 19.3. The van der Waals surface area contributed by atoms with Crippen molar-refractivity contribution in [2.45, 2.75) is 40.2 Å². The van der Waals surface area contributed by atoms with Gasteiger partial charge in [0.15, 0.2) is 0 Å². The summed E-state index contributed by atoms with van der Waals surface area (Å²) in [6.45, 7) is 8.29. The van der Waals surface area contributed by atoms with E-state index in [0.717, 1.165) is 17.0 Å². The third kappa shape index (κ3) is 5.05. The lowest BCUT2D eigenvalue weighted by molar-refractivity contribution is 0.302. The molecular weight excluding hydrogens is 516 g/mol. The van der Waals surface area contributed by atoms with Gasteiger partial charge in [-0.3, -0.25) is 14.3 Å². The molecule has 0 aliphatic heterocycles. The molecule has 34 heavy (non-hydrogen) atoms. The van der Waals surface area contributed by atoms with Crippen molar-refractivity contribution in [3.05, 3.63) is 97.4 Å². The van der Waals surface area contributed by atoms with Crippen LogP contribution in [0.15, 0.2) is 64.1 Å². The molecule has 4 rings (SSSR count). The van der Waals surface area contributed by atoms with E-state index < -0.39 is 0 Å². The summed E-state index contributed by atoms with van der Waals surface area (Å²) in [7, 11) is 0. The first kappa shape index (κ1) is 24.1. The summed E-state index contributed by atoms with van der Waals surface area (Å²) < 4.78 is 7.83. The molecule has 0 bridgehead atoms. The van der Waals surface area contributed by atoms with Gasteiger partial charge in [0.25, 0.3) is 5.56 Å². The maximum atomic E-state index is 13.4. The number of benzene rings is 1. The van der Waals surface area contributed by atoms with Gasteiger partial charge in [-0.25, -0.2) is 9.97 Å². The summed E-state index contributed by atoms with van der Waals surface area (Å²) in [6, 6.07) is 13.4. The molecule has 0 saturated carbocycles. The van der Waals surface area contributed by atoms with Crippen LogP contribution in [0, 0.1) is 13.8 Å². The van der Waals surface area contributed by atoms with Crippen molar-refractivity contribution < 1.29 is 4.74 Å². The second-order valence-electron chi connectivity index (χ2n) is 8.36. The molecule has 0 amide bonds. The van der Waals surface area contributed by atoms with Gasteiger partial charge in [0.1, 0.15) is 22.7 Å².